The first-order valence-corrected chi connectivity index (χ1v) is 9.00. The van der Waals surface area contributed by atoms with E-state index < -0.39 is 0 Å². The van der Waals surface area contributed by atoms with Crippen molar-refractivity contribution in [1.82, 2.24) is 10.2 Å². The van der Waals surface area contributed by atoms with Crippen LogP contribution in [0.15, 0.2) is 58.9 Å². The van der Waals surface area contributed by atoms with Gasteiger partial charge in [-0.3, -0.25) is 10.1 Å². The number of benzene rings is 2. The zero-order chi connectivity index (χ0) is 16.1. The Kier molecular flexibility index (Phi) is 5.05. The molecule has 1 amide bonds. The molecule has 0 unspecified atom stereocenters. The lowest BCUT2D eigenvalue weighted by Crippen LogP contribution is -2.13. The van der Waals surface area contributed by atoms with E-state index >= 15 is 0 Å². The highest BCUT2D eigenvalue weighted by Gasteiger charge is 2.14. The minimum atomic E-state index is -0.173. The van der Waals surface area contributed by atoms with Gasteiger partial charge in [-0.05, 0) is 22.9 Å². The van der Waals surface area contributed by atoms with E-state index in [9.17, 15) is 4.79 Å². The SMILES string of the molecule is CCSc1nnc(NC(=O)c2ccccc2-c2ccccc2)s1. The Labute approximate surface area is 143 Å². The van der Waals surface area contributed by atoms with Gasteiger partial charge in [-0.2, -0.15) is 0 Å². The van der Waals surface area contributed by atoms with E-state index in [1.807, 2.05) is 54.6 Å². The molecule has 4 nitrogen and oxygen atoms in total. The van der Waals surface area contributed by atoms with Gasteiger partial charge in [0.1, 0.15) is 0 Å². The first-order chi connectivity index (χ1) is 11.3. The molecule has 0 saturated carbocycles. The van der Waals surface area contributed by atoms with E-state index in [0.29, 0.717) is 10.7 Å². The molecule has 0 atom stereocenters. The van der Waals surface area contributed by atoms with Crippen LogP contribution in [0.4, 0.5) is 5.13 Å². The van der Waals surface area contributed by atoms with Gasteiger partial charge in [-0.1, -0.05) is 78.6 Å². The molecule has 2 aromatic carbocycles. The summed E-state index contributed by atoms with van der Waals surface area (Å²) in [7, 11) is 0. The van der Waals surface area contributed by atoms with E-state index in [1.165, 1.54) is 11.3 Å². The van der Waals surface area contributed by atoms with Crippen LogP contribution in [-0.2, 0) is 0 Å². The summed E-state index contributed by atoms with van der Waals surface area (Å²) in [6.45, 7) is 2.06. The fourth-order valence-corrected chi connectivity index (χ4v) is 3.80. The predicted molar refractivity (Wildman–Crippen MR) is 96.1 cm³/mol. The standard InChI is InChI=1S/C17H15N3OS2/c1-2-22-17-20-19-16(23-17)18-15(21)14-11-7-6-10-13(14)12-8-4-3-5-9-12/h3-11H,2H2,1H3,(H,18,19,21). The number of anilines is 1. The summed E-state index contributed by atoms with van der Waals surface area (Å²) in [4.78, 5) is 12.6. The Balaban J connectivity index is 1.85. The van der Waals surface area contributed by atoms with Crippen molar-refractivity contribution >= 4 is 34.1 Å². The summed E-state index contributed by atoms with van der Waals surface area (Å²) in [5.74, 6) is 0.757. The summed E-state index contributed by atoms with van der Waals surface area (Å²) in [5, 5.41) is 11.4. The van der Waals surface area contributed by atoms with E-state index in [0.717, 1.165) is 21.2 Å². The molecule has 116 valence electrons. The average molecular weight is 341 g/mol. The average Bonchev–Trinajstić information content (AvgIpc) is 3.03. The van der Waals surface area contributed by atoms with Crippen molar-refractivity contribution in [1.29, 1.82) is 0 Å². The number of carbonyl (C=O) groups excluding carboxylic acids is 1. The molecular formula is C17H15N3OS2. The lowest BCUT2D eigenvalue weighted by molar-refractivity contribution is 0.102. The van der Waals surface area contributed by atoms with Crippen molar-refractivity contribution in [2.24, 2.45) is 0 Å². The molecule has 0 aliphatic carbocycles. The molecule has 0 saturated heterocycles. The highest BCUT2D eigenvalue weighted by Crippen LogP contribution is 2.27. The van der Waals surface area contributed by atoms with Crippen molar-refractivity contribution in [2.45, 2.75) is 11.3 Å². The summed E-state index contributed by atoms with van der Waals surface area (Å²) >= 11 is 3.00. The normalized spacial score (nSPS) is 10.5. The smallest absolute Gasteiger partial charge is 0.258 e. The van der Waals surface area contributed by atoms with Crippen molar-refractivity contribution in [3.8, 4) is 11.1 Å². The van der Waals surface area contributed by atoms with E-state index in [4.69, 9.17) is 0 Å². The Morgan fingerprint density at radius 3 is 2.61 bits per heavy atom. The van der Waals surface area contributed by atoms with Crippen LogP contribution in [-0.4, -0.2) is 21.9 Å². The molecule has 3 aromatic rings. The predicted octanol–water partition coefficient (Wildman–Crippen LogP) is 4.57. The number of hydrogen-bond acceptors (Lipinski definition) is 5. The number of amides is 1. The summed E-state index contributed by atoms with van der Waals surface area (Å²) in [6, 6.07) is 17.4. The van der Waals surface area contributed by atoms with Crippen LogP contribution in [0.2, 0.25) is 0 Å². The first kappa shape index (κ1) is 15.7. The maximum Gasteiger partial charge on any atom is 0.258 e. The quantitative estimate of drug-likeness (QED) is 0.545. The second kappa shape index (κ2) is 7.39. The largest absolute Gasteiger partial charge is 0.296 e. The molecule has 3 rings (SSSR count). The van der Waals surface area contributed by atoms with Crippen LogP contribution in [0.1, 0.15) is 17.3 Å². The summed E-state index contributed by atoms with van der Waals surface area (Å²) < 4.78 is 0.860. The number of hydrogen-bond donors (Lipinski definition) is 1. The Morgan fingerprint density at radius 1 is 1.09 bits per heavy atom. The lowest BCUT2D eigenvalue weighted by Gasteiger charge is -2.08. The third kappa shape index (κ3) is 3.78. The van der Waals surface area contributed by atoms with E-state index in [-0.39, 0.29) is 5.91 Å². The monoisotopic (exact) mass is 341 g/mol. The van der Waals surface area contributed by atoms with Crippen LogP contribution in [0.3, 0.4) is 0 Å². The number of rotatable bonds is 5. The molecule has 6 heteroatoms. The highest BCUT2D eigenvalue weighted by atomic mass is 32.2. The molecule has 0 aliphatic rings. The zero-order valence-corrected chi connectivity index (χ0v) is 14.2. The van der Waals surface area contributed by atoms with Gasteiger partial charge in [0.2, 0.25) is 5.13 Å². The summed E-state index contributed by atoms with van der Waals surface area (Å²) in [6.07, 6.45) is 0. The van der Waals surface area contributed by atoms with Crippen LogP contribution >= 0.6 is 23.1 Å². The number of nitrogens with zero attached hydrogens (tertiary/aromatic N) is 2. The number of thioether (sulfide) groups is 1. The Bertz CT molecular complexity index is 802. The van der Waals surface area contributed by atoms with Gasteiger partial charge in [-0.25, -0.2) is 0 Å². The molecule has 0 bridgehead atoms. The van der Waals surface area contributed by atoms with Crippen LogP contribution in [0.25, 0.3) is 11.1 Å². The van der Waals surface area contributed by atoms with Crippen molar-refractivity contribution < 1.29 is 4.79 Å². The number of carbonyl (C=O) groups is 1. The molecule has 1 heterocycles. The van der Waals surface area contributed by atoms with Crippen molar-refractivity contribution in [3.05, 3.63) is 60.2 Å². The third-order valence-corrected chi connectivity index (χ3v) is 5.01. The fourth-order valence-electron chi connectivity index (χ4n) is 2.16. The van der Waals surface area contributed by atoms with E-state index in [1.54, 1.807) is 11.8 Å². The molecule has 1 aromatic heterocycles. The molecular weight excluding hydrogens is 326 g/mol. The first-order valence-electron chi connectivity index (χ1n) is 7.20. The van der Waals surface area contributed by atoms with Gasteiger partial charge < -0.3 is 0 Å². The van der Waals surface area contributed by atoms with Crippen LogP contribution in [0.5, 0.6) is 0 Å². The third-order valence-electron chi connectivity index (χ3n) is 3.15. The zero-order valence-electron chi connectivity index (χ0n) is 12.5. The maximum atomic E-state index is 12.6. The minimum absolute atomic E-state index is 0.173. The molecule has 1 N–H and O–H groups in total. The molecule has 23 heavy (non-hydrogen) atoms. The van der Waals surface area contributed by atoms with Crippen LogP contribution < -0.4 is 5.32 Å². The number of nitrogens with one attached hydrogen (secondary N) is 1. The topological polar surface area (TPSA) is 54.9 Å². The van der Waals surface area contributed by atoms with Gasteiger partial charge in [0.05, 0.1) is 0 Å². The van der Waals surface area contributed by atoms with Gasteiger partial charge in [-0.15, -0.1) is 10.2 Å². The molecule has 0 radical (unpaired) electrons. The highest BCUT2D eigenvalue weighted by molar-refractivity contribution is 8.01. The van der Waals surface area contributed by atoms with Crippen LogP contribution in [0, 0.1) is 0 Å². The molecule has 0 fully saturated rings. The Morgan fingerprint density at radius 2 is 1.83 bits per heavy atom. The fraction of sp³-hybridized carbons (Fsp3) is 0.118. The minimum Gasteiger partial charge on any atom is -0.296 e. The second-order valence-corrected chi connectivity index (χ2v) is 7.16. The van der Waals surface area contributed by atoms with Gasteiger partial charge in [0.15, 0.2) is 4.34 Å². The van der Waals surface area contributed by atoms with Gasteiger partial charge in [0.25, 0.3) is 5.91 Å². The second-order valence-electron chi connectivity index (χ2n) is 4.67. The lowest BCUT2D eigenvalue weighted by atomic mass is 9.99. The number of aromatic nitrogens is 2. The Hall–Kier alpha value is -2.18. The molecule has 0 aliphatic heterocycles. The van der Waals surface area contributed by atoms with Gasteiger partial charge >= 0.3 is 0 Å². The molecule has 0 spiro atoms. The maximum absolute atomic E-state index is 12.6. The van der Waals surface area contributed by atoms with Crippen molar-refractivity contribution in [2.75, 3.05) is 11.1 Å². The van der Waals surface area contributed by atoms with E-state index in [2.05, 4.69) is 22.4 Å². The summed E-state index contributed by atoms with van der Waals surface area (Å²) in [5.41, 5.74) is 2.54. The van der Waals surface area contributed by atoms with Crippen molar-refractivity contribution in [3.63, 3.8) is 0 Å². The van der Waals surface area contributed by atoms with Gasteiger partial charge in [0, 0.05) is 5.56 Å².